The van der Waals surface area contributed by atoms with Gasteiger partial charge in [-0.15, -0.1) is 6.58 Å². The van der Waals surface area contributed by atoms with Crippen molar-refractivity contribution in [1.29, 1.82) is 0 Å². The average molecular weight is 382 g/mol. The normalized spacial score (nSPS) is 12.0. The maximum Gasteiger partial charge on any atom is 0.328 e. The van der Waals surface area contributed by atoms with Crippen LogP contribution in [0.25, 0.3) is 0 Å². The van der Waals surface area contributed by atoms with E-state index < -0.39 is 6.04 Å². The third-order valence-electron chi connectivity index (χ3n) is 4.79. The van der Waals surface area contributed by atoms with Crippen LogP contribution in [0, 0.1) is 5.92 Å². The first-order chi connectivity index (χ1) is 13.0. The molecule has 1 atom stereocenters. The fourth-order valence-electron chi connectivity index (χ4n) is 2.99. The number of ether oxygens (including phenoxy) is 1. The summed E-state index contributed by atoms with van der Waals surface area (Å²) in [6, 6.07) is -0.535. The first-order valence-electron chi connectivity index (χ1n) is 11.1. The summed E-state index contributed by atoms with van der Waals surface area (Å²) in [5, 5.41) is 2.87. The van der Waals surface area contributed by atoms with Crippen LogP contribution >= 0.6 is 0 Å². The molecular formula is C23H43NO3. The molecule has 0 aliphatic heterocycles. The van der Waals surface area contributed by atoms with Gasteiger partial charge in [-0.05, 0) is 31.6 Å². The summed E-state index contributed by atoms with van der Waals surface area (Å²) in [5.74, 6) is -0.303. The summed E-state index contributed by atoms with van der Waals surface area (Å²) in [6.45, 7) is 10.2. The van der Waals surface area contributed by atoms with Gasteiger partial charge in [0.05, 0.1) is 6.61 Å². The summed E-state index contributed by atoms with van der Waals surface area (Å²) < 4.78 is 5.38. The molecule has 0 bridgehead atoms. The van der Waals surface area contributed by atoms with Crippen molar-refractivity contribution < 1.29 is 14.3 Å². The van der Waals surface area contributed by atoms with E-state index in [9.17, 15) is 9.59 Å². The van der Waals surface area contributed by atoms with E-state index in [1.54, 1.807) is 0 Å². The Kier molecular flexibility index (Phi) is 17.2. The minimum absolute atomic E-state index is 0.0337. The predicted octanol–water partition coefficient (Wildman–Crippen LogP) is 5.95. The number of allylic oxidation sites excluding steroid dienone is 1. The Labute approximate surface area is 167 Å². The molecule has 0 aliphatic carbocycles. The van der Waals surface area contributed by atoms with Gasteiger partial charge in [-0.1, -0.05) is 78.2 Å². The van der Waals surface area contributed by atoms with Crippen molar-refractivity contribution in [2.24, 2.45) is 5.92 Å². The summed E-state index contributed by atoms with van der Waals surface area (Å²) in [4.78, 5) is 24.4. The molecule has 27 heavy (non-hydrogen) atoms. The number of unbranched alkanes of at least 4 members (excludes halogenated alkanes) is 10. The topological polar surface area (TPSA) is 55.4 Å². The lowest BCUT2D eigenvalue weighted by molar-refractivity contribution is -0.149. The van der Waals surface area contributed by atoms with E-state index in [4.69, 9.17) is 4.74 Å². The van der Waals surface area contributed by atoms with Crippen LogP contribution in [0.5, 0.6) is 0 Å². The van der Waals surface area contributed by atoms with Gasteiger partial charge in [0, 0.05) is 6.42 Å². The molecule has 0 spiro atoms. The third kappa shape index (κ3) is 15.4. The van der Waals surface area contributed by atoms with E-state index in [-0.39, 0.29) is 17.8 Å². The van der Waals surface area contributed by atoms with Crippen molar-refractivity contribution in [3.05, 3.63) is 12.7 Å². The van der Waals surface area contributed by atoms with Crippen LogP contribution in [0.2, 0.25) is 0 Å². The fourth-order valence-corrected chi connectivity index (χ4v) is 2.99. The van der Waals surface area contributed by atoms with Gasteiger partial charge < -0.3 is 10.1 Å². The molecule has 0 aromatic rings. The lowest BCUT2D eigenvalue weighted by Gasteiger charge is -2.21. The number of carbonyl (C=O) groups excluding carboxylic acids is 2. The first kappa shape index (κ1) is 25.7. The summed E-state index contributed by atoms with van der Waals surface area (Å²) in [6.07, 6.45) is 15.9. The zero-order valence-corrected chi connectivity index (χ0v) is 18.1. The highest BCUT2D eigenvalue weighted by atomic mass is 16.5. The molecule has 0 aliphatic rings. The molecule has 0 saturated carbocycles. The van der Waals surface area contributed by atoms with Crippen molar-refractivity contribution in [3.8, 4) is 0 Å². The smallest absolute Gasteiger partial charge is 0.328 e. The van der Waals surface area contributed by atoms with Crippen LogP contribution in [-0.4, -0.2) is 24.5 Å². The minimum atomic E-state index is -0.535. The van der Waals surface area contributed by atoms with Crippen molar-refractivity contribution in [2.75, 3.05) is 6.61 Å². The maximum absolute atomic E-state index is 12.3. The van der Waals surface area contributed by atoms with Crippen LogP contribution < -0.4 is 5.32 Å². The predicted molar refractivity (Wildman–Crippen MR) is 114 cm³/mol. The molecule has 0 heterocycles. The van der Waals surface area contributed by atoms with Gasteiger partial charge in [0.15, 0.2) is 0 Å². The van der Waals surface area contributed by atoms with Crippen LogP contribution in [-0.2, 0) is 14.3 Å². The zero-order valence-electron chi connectivity index (χ0n) is 18.1. The molecule has 1 amide bonds. The molecule has 0 saturated heterocycles. The Hall–Kier alpha value is -1.32. The Bertz CT molecular complexity index is 393. The standard InChI is InChI=1S/C23H43NO3/c1-5-7-9-11-12-13-14-16-18-21(25)24-22(20(3)4)23(26)27-19-17-15-10-8-6-2/h5,20,22H,1,6-19H2,2-4H3,(H,24,25). The Morgan fingerprint density at radius 2 is 1.52 bits per heavy atom. The molecule has 0 fully saturated rings. The lowest BCUT2D eigenvalue weighted by Crippen LogP contribution is -2.45. The van der Waals surface area contributed by atoms with E-state index >= 15 is 0 Å². The van der Waals surface area contributed by atoms with E-state index in [2.05, 4.69) is 18.8 Å². The van der Waals surface area contributed by atoms with Gasteiger partial charge in [-0.25, -0.2) is 4.79 Å². The van der Waals surface area contributed by atoms with E-state index in [0.29, 0.717) is 13.0 Å². The molecule has 158 valence electrons. The Balaban J connectivity index is 3.91. The lowest BCUT2D eigenvalue weighted by atomic mass is 10.0. The van der Waals surface area contributed by atoms with Gasteiger partial charge >= 0.3 is 5.97 Å². The van der Waals surface area contributed by atoms with Crippen LogP contribution in [0.4, 0.5) is 0 Å². The largest absolute Gasteiger partial charge is 0.464 e. The molecule has 0 radical (unpaired) electrons. The fraction of sp³-hybridized carbons (Fsp3) is 0.826. The van der Waals surface area contributed by atoms with Crippen LogP contribution in [0.15, 0.2) is 12.7 Å². The van der Waals surface area contributed by atoms with Gasteiger partial charge in [-0.3, -0.25) is 4.79 Å². The number of rotatable bonds is 18. The number of nitrogens with one attached hydrogen (secondary N) is 1. The third-order valence-corrected chi connectivity index (χ3v) is 4.79. The number of hydrogen-bond acceptors (Lipinski definition) is 3. The van der Waals surface area contributed by atoms with Crippen molar-refractivity contribution in [3.63, 3.8) is 0 Å². The van der Waals surface area contributed by atoms with Crippen LogP contribution in [0.3, 0.4) is 0 Å². The van der Waals surface area contributed by atoms with Crippen molar-refractivity contribution in [2.45, 2.75) is 110 Å². The molecule has 0 rings (SSSR count). The second-order valence-corrected chi connectivity index (χ2v) is 7.82. The quantitative estimate of drug-likeness (QED) is 0.181. The first-order valence-corrected chi connectivity index (χ1v) is 11.1. The SMILES string of the molecule is C=CCCCCCCCCC(=O)NC(C(=O)OCCCCCCC)C(C)C. The van der Waals surface area contributed by atoms with E-state index in [1.165, 1.54) is 38.5 Å². The zero-order chi connectivity index (χ0) is 20.3. The van der Waals surface area contributed by atoms with E-state index in [0.717, 1.165) is 38.5 Å². The molecule has 0 aromatic heterocycles. The number of esters is 1. The van der Waals surface area contributed by atoms with E-state index in [1.807, 2.05) is 19.9 Å². The monoisotopic (exact) mass is 381 g/mol. The highest BCUT2D eigenvalue weighted by molar-refractivity contribution is 5.84. The molecule has 1 N–H and O–H groups in total. The summed E-state index contributed by atoms with van der Waals surface area (Å²) in [5.41, 5.74) is 0. The number of carbonyl (C=O) groups is 2. The Morgan fingerprint density at radius 3 is 2.15 bits per heavy atom. The highest BCUT2D eigenvalue weighted by Crippen LogP contribution is 2.10. The van der Waals surface area contributed by atoms with Gasteiger partial charge in [-0.2, -0.15) is 0 Å². The maximum atomic E-state index is 12.3. The average Bonchev–Trinajstić information content (AvgIpc) is 2.64. The highest BCUT2D eigenvalue weighted by Gasteiger charge is 2.25. The molecular weight excluding hydrogens is 338 g/mol. The summed E-state index contributed by atoms with van der Waals surface area (Å²) in [7, 11) is 0. The minimum Gasteiger partial charge on any atom is -0.464 e. The van der Waals surface area contributed by atoms with Crippen LogP contribution in [0.1, 0.15) is 104 Å². The molecule has 0 aromatic carbocycles. The van der Waals surface area contributed by atoms with Gasteiger partial charge in [0.25, 0.3) is 0 Å². The second kappa shape index (κ2) is 18.1. The van der Waals surface area contributed by atoms with Crippen molar-refractivity contribution >= 4 is 11.9 Å². The van der Waals surface area contributed by atoms with Gasteiger partial charge in [0.1, 0.15) is 6.04 Å². The Morgan fingerprint density at radius 1 is 0.926 bits per heavy atom. The van der Waals surface area contributed by atoms with Crippen molar-refractivity contribution in [1.82, 2.24) is 5.32 Å². The molecule has 4 nitrogen and oxygen atoms in total. The molecule has 1 unspecified atom stereocenters. The number of amides is 1. The molecule has 4 heteroatoms. The number of hydrogen-bond donors (Lipinski definition) is 1. The second-order valence-electron chi connectivity index (χ2n) is 7.82. The summed E-state index contributed by atoms with van der Waals surface area (Å²) >= 11 is 0. The van der Waals surface area contributed by atoms with Gasteiger partial charge in [0.2, 0.25) is 5.91 Å².